The molecule has 0 bridgehead atoms. The molecule has 93 valence electrons. The van der Waals surface area contributed by atoms with Crippen molar-refractivity contribution in [2.75, 3.05) is 0 Å². The van der Waals surface area contributed by atoms with Gasteiger partial charge in [-0.2, -0.15) is 0 Å². The maximum atomic E-state index is 11.0. The molecule has 1 unspecified atom stereocenters. The molecular weight excluding hydrogens is 212 g/mol. The molecule has 0 spiro atoms. The summed E-state index contributed by atoms with van der Waals surface area (Å²) in [6.07, 6.45) is 0.981. The molecule has 0 aromatic heterocycles. The van der Waals surface area contributed by atoms with Gasteiger partial charge in [-0.3, -0.25) is 4.79 Å². The fraction of sp³-hybridized carbons (Fsp3) is 0.467. The zero-order valence-corrected chi connectivity index (χ0v) is 11.1. The fourth-order valence-corrected chi connectivity index (χ4v) is 1.78. The van der Waals surface area contributed by atoms with E-state index in [1.807, 2.05) is 19.1 Å². The van der Waals surface area contributed by atoms with Crippen LogP contribution in [0.4, 0.5) is 0 Å². The highest BCUT2D eigenvalue weighted by Crippen LogP contribution is 2.24. The minimum absolute atomic E-state index is 0.191. The molecular formula is C15H21O2. The molecule has 1 rings (SSSR count). The molecule has 1 aromatic carbocycles. The number of hydrogen-bond acceptors (Lipinski definition) is 2. The van der Waals surface area contributed by atoms with E-state index in [0.717, 1.165) is 12.0 Å². The Bertz CT molecular complexity index is 392. The van der Waals surface area contributed by atoms with Crippen LogP contribution in [-0.4, -0.2) is 5.97 Å². The number of hydrogen-bond donors (Lipinski definition) is 0. The van der Waals surface area contributed by atoms with Crippen molar-refractivity contribution in [3.05, 3.63) is 36.2 Å². The molecule has 2 nitrogen and oxygen atoms in total. The molecule has 0 heterocycles. The van der Waals surface area contributed by atoms with Crippen LogP contribution in [0.15, 0.2) is 18.2 Å². The van der Waals surface area contributed by atoms with Gasteiger partial charge in [0.15, 0.2) is 0 Å². The van der Waals surface area contributed by atoms with E-state index in [2.05, 4.69) is 26.8 Å². The van der Waals surface area contributed by atoms with Gasteiger partial charge >= 0.3 is 5.97 Å². The Labute approximate surface area is 104 Å². The van der Waals surface area contributed by atoms with Gasteiger partial charge in [0.2, 0.25) is 0 Å². The van der Waals surface area contributed by atoms with E-state index < -0.39 is 0 Å². The molecule has 1 radical (unpaired) electrons. The van der Waals surface area contributed by atoms with Crippen LogP contribution >= 0.6 is 0 Å². The predicted molar refractivity (Wildman–Crippen MR) is 70.1 cm³/mol. The third kappa shape index (κ3) is 4.59. The zero-order valence-electron chi connectivity index (χ0n) is 11.1. The molecule has 1 atom stereocenters. The van der Waals surface area contributed by atoms with Gasteiger partial charge in [0.1, 0.15) is 5.75 Å². The molecule has 0 fully saturated rings. The summed E-state index contributed by atoms with van der Waals surface area (Å²) < 4.78 is 5.16. The molecule has 17 heavy (non-hydrogen) atoms. The highest BCUT2D eigenvalue weighted by molar-refractivity contribution is 5.69. The Balaban J connectivity index is 3.04. The summed E-state index contributed by atoms with van der Waals surface area (Å²) >= 11 is 0. The van der Waals surface area contributed by atoms with Gasteiger partial charge in [-0.05, 0) is 48.4 Å². The first-order chi connectivity index (χ1) is 7.88. The quantitative estimate of drug-likeness (QED) is 0.585. The molecule has 0 N–H and O–H groups in total. The van der Waals surface area contributed by atoms with Crippen LogP contribution in [0.1, 0.15) is 44.7 Å². The number of benzene rings is 1. The van der Waals surface area contributed by atoms with Crippen LogP contribution in [0, 0.1) is 12.8 Å². The molecule has 0 saturated carbocycles. The summed E-state index contributed by atoms with van der Waals surface area (Å²) in [6, 6.07) is 5.97. The van der Waals surface area contributed by atoms with Gasteiger partial charge in [0.25, 0.3) is 0 Å². The lowest BCUT2D eigenvalue weighted by Crippen LogP contribution is -2.04. The third-order valence-electron chi connectivity index (χ3n) is 2.46. The van der Waals surface area contributed by atoms with Crippen LogP contribution < -0.4 is 4.74 Å². The molecule has 0 amide bonds. The third-order valence-corrected chi connectivity index (χ3v) is 2.46. The second kappa shape index (κ2) is 5.85. The summed E-state index contributed by atoms with van der Waals surface area (Å²) in [5.74, 6) is 1.11. The Morgan fingerprint density at radius 2 is 1.94 bits per heavy atom. The van der Waals surface area contributed by atoms with Crippen LogP contribution in [-0.2, 0) is 11.2 Å². The van der Waals surface area contributed by atoms with Crippen LogP contribution in [0.5, 0.6) is 5.75 Å². The van der Waals surface area contributed by atoms with Crippen LogP contribution in [0.3, 0.4) is 0 Å². The number of rotatable bonds is 4. The van der Waals surface area contributed by atoms with E-state index in [4.69, 9.17) is 4.74 Å². The number of carbonyl (C=O) groups excluding carboxylic acids is 1. The highest BCUT2D eigenvalue weighted by atomic mass is 16.5. The van der Waals surface area contributed by atoms with E-state index in [9.17, 15) is 4.79 Å². The van der Waals surface area contributed by atoms with Crippen molar-refractivity contribution in [2.24, 2.45) is 5.92 Å². The van der Waals surface area contributed by atoms with Gasteiger partial charge < -0.3 is 4.74 Å². The summed E-state index contributed by atoms with van der Waals surface area (Å²) in [7, 11) is 0. The second-order valence-electron chi connectivity index (χ2n) is 5.00. The molecule has 1 aromatic rings. The first-order valence-electron chi connectivity index (χ1n) is 6.04. The summed E-state index contributed by atoms with van der Waals surface area (Å²) in [5.41, 5.74) is 2.31. The van der Waals surface area contributed by atoms with Gasteiger partial charge in [0, 0.05) is 6.92 Å². The van der Waals surface area contributed by atoms with Crippen molar-refractivity contribution in [2.45, 2.75) is 40.0 Å². The first-order valence-corrected chi connectivity index (χ1v) is 6.04. The van der Waals surface area contributed by atoms with Crippen molar-refractivity contribution in [1.29, 1.82) is 0 Å². The van der Waals surface area contributed by atoms with Crippen LogP contribution in [0.25, 0.3) is 0 Å². The van der Waals surface area contributed by atoms with E-state index in [1.165, 1.54) is 12.5 Å². The van der Waals surface area contributed by atoms with Gasteiger partial charge in [-0.25, -0.2) is 0 Å². The van der Waals surface area contributed by atoms with Crippen molar-refractivity contribution >= 4 is 5.97 Å². The molecule has 2 heteroatoms. The average Bonchev–Trinajstić information content (AvgIpc) is 2.14. The minimum Gasteiger partial charge on any atom is -0.427 e. The minimum atomic E-state index is -0.283. The SMILES string of the molecule is [CH2]C(C)c1cc(CC(C)C)cc(OC(C)=O)c1. The number of esters is 1. The Morgan fingerprint density at radius 3 is 2.41 bits per heavy atom. The smallest absolute Gasteiger partial charge is 0.308 e. The van der Waals surface area contributed by atoms with E-state index in [0.29, 0.717) is 11.7 Å². The maximum absolute atomic E-state index is 11.0. The Morgan fingerprint density at radius 1 is 1.29 bits per heavy atom. The number of ether oxygens (including phenoxy) is 1. The molecule has 0 aliphatic heterocycles. The van der Waals surface area contributed by atoms with Crippen molar-refractivity contribution < 1.29 is 9.53 Å². The summed E-state index contributed by atoms with van der Waals surface area (Å²) in [4.78, 5) is 11.0. The van der Waals surface area contributed by atoms with Crippen molar-refractivity contribution in [3.8, 4) is 5.75 Å². The Hall–Kier alpha value is -1.31. The maximum Gasteiger partial charge on any atom is 0.308 e. The fourth-order valence-electron chi connectivity index (χ4n) is 1.78. The average molecular weight is 233 g/mol. The monoisotopic (exact) mass is 233 g/mol. The summed E-state index contributed by atoms with van der Waals surface area (Å²) in [5, 5.41) is 0. The standard InChI is InChI=1S/C15H21O2/c1-10(2)6-13-7-14(11(3)4)9-15(8-13)17-12(5)16/h7-11H,3,6H2,1-2,4-5H3. The van der Waals surface area contributed by atoms with E-state index in [1.54, 1.807) is 0 Å². The number of carbonyl (C=O) groups is 1. The van der Waals surface area contributed by atoms with Gasteiger partial charge in [-0.1, -0.05) is 26.8 Å². The first kappa shape index (κ1) is 13.8. The highest BCUT2D eigenvalue weighted by Gasteiger charge is 2.08. The van der Waals surface area contributed by atoms with E-state index >= 15 is 0 Å². The van der Waals surface area contributed by atoms with E-state index in [-0.39, 0.29) is 11.9 Å². The van der Waals surface area contributed by atoms with Crippen molar-refractivity contribution in [3.63, 3.8) is 0 Å². The Kier molecular flexibility index (Phi) is 4.73. The lowest BCUT2D eigenvalue weighted by molar-refractivity contribution is -0.131. The summed E-state index contributed by atoms with van der Waals surface area (Å²) in [6.45, 7) is 11.8. The topological polar surface area (TPSA) is 26.3 Å². The zero-order chi connectivity index (χ0) is 13.0. The lowest BCUT2D eigenvalue weighted by Gasteiger charge is -2.13. The largest absolute Gasteiger partial charge is 0.427 e. The lowest BCUT2D eigenvalue weighted by atomic mass is 9.96. The molecule has 0 saturated heterocycles. The van der Waals surface area contributed by atoms with Gasteiger partial charge in [0.05, 0.1) is 0 Å². The van der Waals surface area contributed by atoms with Gasteiger partial charge in [-0.15, -0.1) is 0 Å². The normalized spacial score (nSPS) is 11.0. The molecule has 0 aliphatic carbocycles. The van der Waals surface area contributed by atoms with Crippen molar-refractivity contribution in [1.82, 2.24) is 0 Å². The molecule has 0 aliphatic rings. The van der Waals surface area contributed by atoms with Crippen LogP contribution in [0.2, 0.25) is 0 Å². The predicted octanol–water partition coefficient (Wildman–Crippen LogP) is 3.75. The second-order valence-corrected chi connectivity index (χ2v) is 5.00.